The molecule has 0 spiro atoms. The molecule has 0 saturated carbocycles. The molecular weight excluding hydrogens is 300 g/mol. The van der Waals surface area contributed by atoms with E-state index in [4.69, 9.17) is 14.6 Å². The van der Waals surface area contributed by atoms with E-state index in [1.54, 1.807) is 24.3 Å². The molecule has 2 N–H and O–H groups in total. The van der Waals surface area contributed by atoms with E-state index >= 15 is 0 Å². The van der Waals surface area contributed by atoms with Crippen LogP contribution in [0, 0.1) is 0 Å². The molecule has 0 bridgehead atoms. The maximum Gasteiger partial charge on any atom is 0.337 e. The average molecular weight is 316 g/mol. The van der Waals surface area contributed by atoms with Gasteiger partial charge < -0.3 is 19.9 Å². The zero-order valence-corrected chi connectivity index (χ0v) is 12.5. The third-order valence-corrected chi connectivity index (χ3v) is 2.76. The molecule has 1 aromatic carbocycles. The van der Waals surface area contributed by atoms with Crippen LogP contribution in [0.25, 0.3) is 0 Å². The second-order valence-electron chi connectivity index (χ2n) is 4.60. The van der Waals surface area contributed by atoms with Crippen LogP contribution in [0.2, 0.25) is 0 Å². The first-order valence-corrected chi connectivity index (χ1v) is 6.89. The number of hydrogen-bond acceptors (Lipinski definition) is 5. The summed E-state index contributed by atoms with van der Waals surface area (Å²) in [5.74, 6) is 0.234. The van der Waals surface area contributed by atoms with Crippen LogP contribution in [0.3, 0.4) is 0 Å². The van der Waals surface area contributed by atoms with Gasteiger partial charge in [-0.25, -0.2) is 9.78 Å². The van der Waals surface area contributed by atoms with Crippen LogP contribution in [0.1, 0.15) is 17.3 Å². The van der Waals surface area contributed by atoms with Crippen molar-refractivity contribution in [3.8, 4) is 17.4 Å². The van der Waals surface area contributed by atoms with Crippen molar-refractivity contribution in [2.24, 2.45) is 0 Å². The van der Waals surface area contributed by atoms with E-state index in [1.807, 2.05) is 0 Å². The maximum atomic E-state index is 10.8. The molecule has 23 heavy (non-hydrogen) atoms. The summed E-state index contributed by atoms with van der Waals surface area (Å²) in [6.07, 6.45) is 1.23. The van der Waals surface area contributed by atoms with Gasteiger partial charge in [0, 0.05) is 25.3 Å². The fourth-order valence-electron chi connectivity index (χ4n) is 1.71. The van der Waals surface area contributed by atoms with E-state index in [-0.39, 0.29) is 17.4 Å². The molecule has 0 unspecified atom stereocenters. The van der Waals surface area contributed by atoms with Gasteiger partial charge in [0.15, 0.2) is 0 Å². The molecule has 1 aromatic heterocycles. The third-order valence-electron chi connectivity index (χ3n) is 2.76. The predicted molar refractivity (Wildman–Crippen MR) is 81.9 cm³/mol. The van der Waals surface area contributed by atoms with E-state index in [1.165, 1.54) is 25.3 Å². The Morgan fingerprint density at radius 1 is 1.22 bits per heavy atom. The first kappa shape index (κ1) is 16.3. The lowest BCUT2D eigenvalue weighted by atomic mass is 10.3. The highest BCUT2D eigenvalue weighted by Gasteiger charge is 2.05. The molecule has 1 heterocycles. The van der Waals surface area contributed by atoms with Crippen LogP contribution < -0.4 is 14.8 Å². The van der Waals surface area contributed by atoms with Crippen LogP contribution in [-0.4, -0.2) is 35.1 Å². The minimum atomic E-state index is -1.04. The molecule has 0 aliphatic carbocycles. The van der Waals surface area contributed by atoms with Crippen molar-refractivity contribution in [3.63, 3.8) is 0 Å². The highest BCUT2D eigenvalue weighted by Crippen LogP contribution is 2.24. The molecule has 0 fully saturated rings. The van der Waals surface area contributed by atoms with E-state index in [2.05, 4.69) is 10.3 Å². The fraction of sp³-hybridized carbons (Fsp3) is 0.188. The number of carboxylic acid groups (broad SMARTS) is 1. The van der Waals surface area contributed by atoms with Gasteiger partial charge in [-0.3, -0.25) is 4.79 Å². The topological polar surface area (TPSA) is 97.8 Å². The van der Waals surface area contributed by atoms with Gasteiger partial charge in [-0.15, -0.1) is 0 Å². The highest BCUT2D eigenvalue weighted by molar-refractivity contribution is 5.87. The van der Waals surface area contributed by atoms with E-state index in [0.29, 0.717) is 24.7 Å². The Bertz CT molecular complexity index is 685. The quantitative estimate of drug-likeness (QED) is 0.759. The van der Waals surface area contributed by atoms with Gasteiger partial charge in [0.1, 0.15) is 18.1 Å². The number of carboxylic acids is 1. The molecule has 2 aromatic rings. The summed E-state index contributed by atoms with van der Waals surface area (Å²) in [5.41, 5.74) is 0.0902. The number of carbonyl (C=O) groups is 2. The first-order valence-electron chi connectivity index (χ1n) is 6.89. The average Bonchev–Trinajstić information content (AvgIpc) is 2.52. The normalized spacial score (nSPS) is 9.96. The van der Waals surface area contributed by atoms with Crippen molar-refractivity contribution in [2.45, 2.75) is 6.92 Å². The molecule has 1 amide bonds. The van der Waals surface area contributed by atoms with Gasteiger partial charge in [-0.2, -0.15) is 0 Å². The number of aromatic nitrogens is 1. The van der Waals surface area contributed by atoms with Gasteiger partial charge in [0.2, 0.25) is 11.8 Å². The van der Waals surface area contributed by atoms with Crippen molar-refractivity contribution in [1.29, 1.82) is 0 Å². The van der Waals surface area contributed by atoms with Crippen LogP contribution in [-0.2, 0) is 4.79 Å². The zero-order valence-electron chi connectivity index (χ0n) is 12.5. The molecule has 0 saturated heterocycles. The molecular formula is C16H16N2O5. The lowest BCUT2D eigenvalue weighted by Gasteiger charge is -2.09. The number of pyridine rings is 1. The molecule has 0 atom stereocenters. The van der Waals surface area contributed by atoms with Gasteiger partial charge in [0.05, 0.1) is 12.1 Å². The largest absolute Gasteiger partial charge is 0.492 e. The van der Waals surface area contributed by atoms with Crippen LogP contribution >= 0.6 is 0 Å². The Balaban J connectivity index is 1.94. The van der Waals surface area contributed by atoms with Gasteiger partial charge in [-0.05, 0) is 18.2 Å². The van der Waals surface area contributed by atoms with Crippen LogP contribution in [0.4, 0.5) is 0 Å². The lowest BCUT2D eigenvalue weighted by Crippen LogP contribution is -2.25. The summed E-state index contributed by atoms with van der Waals surface area (Å²) in [7, 11) is 0. The van der Waals surface area contributed by atoms with Crippen LogP contribution in [0.15, 0.2) is 42.6 Å². The van der Waals surface area contributed by atoms with Crippen molar-refractivity contribution in [2.75, 3.05) is 13.2 Å². The van der Waals surface area contributed by atoms with Crippen molar-refractivity contribution < 1.29 is 24.2 Å². The summed E-state index contributed by atoms with van der Waals surface area (Å²) in [6, 6.07) is 9.83. The van der Waals surface area contributed by atoms with Crippen molar-refractivity contribution in [3.05, 3.63) is 48.2 Å². The Morgan fingerprint density at radius 3 is 2.65 bits per heavy atom. The lowest BCUT2D eigenvalue weighted by molar-refractivity contribution is -0.119. The summed E-state index contributed by atoms with van der Waals surface area (Å²) in [5, 5.41) is 11.4. The van der Waals surface area contributed by atoms with Crippen molar-refractivity contribution >= 4 is 11.9 Å². The Kier molecular flexibility index (Phi) is 5.51. The SMILES string of the molecule is CC(=O)NCCOc1cccc(Oc2ccc(C(=O)O)cn2)c1. The minimum absolute atomic E-state index is 0.0902. The number of amides is 1. The van der Waals surface area contributed by atoms with Gasteiger partial charge in [-0.1, -0.05) is 6.07 Å². The Labute approximate surface area is 132 Å². The maximum absolute atomic E-state index is 10.8. The monoisotopic (exact) mass is 316 g/mol. The number of nitrogens with zero attached hydrogens (tertiary/aromatic N) is 1. The van der Waals surface area contributed by atoms with E-state index in [0.717, 1.165) is 0 Å². The third kappa shape index (κ3) is 5.31. The molecule has 120 valence electrons. The predicted octanol–water partition coefficient (Wildman–Crippen LogP) is 2.09. The molecule has 0 radical (unpaired) electrons. The van der Waals surface area contributed by atoms with Crippen molar-refractivity contribution in [1.82, 2.24) is 10.3 Å². The van der Waals surface area contributed by atoms with Gasteiger partial charge in [0.25, 0.3) is 0 Å². The number of hydrogen-bond donors (Lipinski definition) is 2. The number of nitrogens with one attached hydrogen (secondary N) is 1. The number of ether oxygens (including phenoxy) is 2. The molecule has 7 heteroatoms. The van der Waals surface area contributed by atoms with E-state index < -0.39 is 5.97 Å². The number of benzene rings is 1. The zero-order chi connectivity index (χ0) is 16.7. The standard InChI is InChI=1S/C16H16N2O5/c1-11(19)17-7-8-22-13-3-2-4-14(9-13)23-15-6-5-12(10-18-15)16(20)21/h2-6,9-10H,7-8H2,1H3,(H,17,19)(H,20,21). The highest BCUT2D eigenvalue weighted by atomic mass is 16.5. The molecule has 0 aliphatic rings. The number of carbonyl (C=O) groups excluding carboxylic acids is 1. The second kappa shape index (κ2) is 7.79. The first-order chi connectivity index (χ1) is 11.0. The van der Waals surface area contributed by atoms with E-state index in [9.17, 15) is 9.59 Å². The minimum Gasteiger partial charge on any atom is -0.492 e. The number of rotatable bonds is 7. The molecule has 0 aliphatic heterocycles. The number of aromatic carboxylic acids is 1. The Morgan fingerprint density at radius 2 is 2.00 bits per heavy atom. The van der Waals surface area contributed by atoms with Crippen LogP contribution in [0.5, 0.6) is 17.4 Å². The summed E-state index contributed by atoms with van der Waals surface area (Å²) in [4.78, 5) is 25.4. The summed E-state index contributed by atoms with van der Waals surface area (Å²) >= 11 is 0. The van der Waals surface area contributed by atoms with Gasteiger partial charge >= 0.3 is 5.97 Å². The molecule has 2 rings (SSSR count). The summed E-state index contributed by atoms with van der Waals surface area (Å²) in [6.45, 7) is 2.20. The smallest absolute Gasteiger partial charge is 0.337 e. The second-order valence-corrected chi connectivity index (χ2v) is 4.60. The fourth-order valence-corrected chi connectivity index (χ4v) is 1.71. The molecule has 7 nitrogen and oxygen atoms in total. The summed E-state index contributed by atoms with van der Waals surface area (Å²) < 4.78 is 11.0. The Hall–Kier alpha value is -3.09.